The van der Waals surface area contributed by atoms with Gasteiger partial charge in [-0.05, 0) is 37.5 Å². The first-order valence-corrected chi connectivity index (χ1v) is 7.14. The molecule has 1 N–H and O–H groups in total. The molecule has 0 heterocycles. The Hall–Kier alpha value is -1.03. The summed E-state index contributed by atoms with van der Waals surface area (Å²) in [5.41, 5.74) is 0.446. The molecular formula is C15H22FNOS. The summed E-state index contributed by atoms with van der Waals surface area (Å²) in [7, 11) is 0. The van der Waals surface area contributed by atoms with Crippen molar-refractivity contribution in [2.24, 2.45) is 5.92 Å². The Morgan fingerprint density at radius 1 is 1.32 bits per heavy atom. The van der Waals surface area contributed by atoms with E-state index in [4.69, 9.17) is 0 Å². The fourth-order valence-corrected chi connectivity index (χ4v) is 2.08. The summed E-state index contributed by atoms with van der Waals surface area (Å²) in [6.45, 7) is 6.37. The molecule has 0 fully saturated rings. The van der Waals surface area contributed by atoms with E-state index in [2.05, 4.69) is 31.8 Å². The van der Waals surface area contributed by atoms with E-state index < -0.39 is 5.82 Å². The molecule has 2 nitrogen and oxygen atoms in total. The van der Waals surface area contributed by atoms with Crippen LogP contribution >= 0.6 is 12.6 Å². The van der Waals surface area contributed by atoms with E-state index >= 15 is 0 Å². The molecule has 1 unspecified atom stereocenters. The van der Waals surface area contributed by atoms with E-state index in [1.807, 2.05) is 6.92 Å². The minimum Gasteiger partial charge on any atom is -0.350 e. The predicted molar refractivity (Wildman–Crippen MR) is 79.3 cm³/mol. The van der Waals surface area contributed by atoms with Crippen LogP contribution in [0.4, 0.5) is 4.39 Å². The number of amides is 1. The van der Waals surface area contributed by atoms with Gasteiger partial charge in [0.25, 0.3) is 5.91 Å². The maximum absolute atomic E-state index is 13.1. The smallest absolute Gasteiger partial charge is 0.251 e. The first-order chi connectivity index (χ1) is 8.90. The molecule has 0 saturated carbocycles. The zero-order valence-electron chi connectivity index (χ0n) is 11.7. The Morgan fingerprint density at radius 3 is 2.58 bits per heavy atom. The number of hydrogen-bond donors (Lipinski definition) is 2. The van der Waals surface area contributed by atoms with Gasteiger partial charge in [-0.25, -0.2) is 4.39 Å². The van der Waals surface area contributed by atoms with Crippen molar-refractivity contribution in [2.75, 3.05) is 0 Å². The molecule has 1 rings (SSSR count). The SMILES string of the molecule is CC(C)CCCC(C)NC(=O)c1ccc(F)c(S)c1. The topological polar surface area (TPSA) is 29.1 Å². The number of nitrogens with one attached hydrogen (secondary N) is 1. The second kappa shape index (κ2) is 7.53. The molecule has 0 aromatic heterocycles. The lowest BCUT2D eigenvalue weighted by Crippen LogP contribution is -2.32. The molecule has 0 aliphatic rings. The first-order valence-electron chi connectivity index (χ1n) is 6.69. The number of carbonyl (C=O) groups excluding carboxylic acids is 1. The number of rotatable bonds is 6. The van der Waals surface area contributed by atoms with Gasteiger partial charge in [0.1, 0.15) is 5.82 Å². The van der Waals surface area contributed by atoms with Crippen LogP contribution in [-0.2, 0) is 0 Å². The van der Waals surface area contributed by atoms with Gasteiger partial charge in [-0.15, -0.1) is 12.6 Å². The van der Waals surface area contributed by atoms with Crippen molar-refractivity contribution in [3.8, 4) is 0 Å². The monoisotopic (exact) mass is 283 g/mol. The lowest BCUT2D eigenvalue weighted by atomic mass is 10.0. The maximum Gasteiger partial charge on any atom is 0.251 e. The van der Waals surface area contributed by atoms with E-state index in [1.165, 1.54) is 18.2 Å². The van der Waals surface area contributed by atoms with Crippen LogP contribution in [0.2, 0.25) is 0 Å². The number of benzene rings is 1. The Labute approximate surface area is 120 Å². The quantitative estimate of drug-likeness (QED) is 0.757. The average Bonchev–Trinajstić information content (AvgIpc) is 2.32. The predicted octanol–water partition coefficient (Wildman–Crippen LogP) is 4.06. The standard InChI is InChI=1S/C15H22FNOS/c1-10(2)5-4-6-11(3)17-15(18)12-7-8-13(16)14(19)9-12/h7-11,19H,4-6H2,1-3H3,(H,17,18). The van der Waals surface area contributed by atoms with E-state index in [9.17, 15) is 9.18 Å². The molecule has 0 aliphatic heterocycles. The highest BCUT2D eigenvalue weighted by molar-refractivity contribution is 7.80. The van der Waals surface area contributed by atoms with Crippen LogP contribution in [0.1, 0.15) is 50.4 Å². The third kappa shape index (κ3) is 5.64. The van der Waals surface area contributed by atoms with Gasteiger partial charge in [-0.1, -0.05) is 26.7 Å². The van der Waals surface area contributed by atoms with Crippen molar-refractivity contribution in [3.63, 3.8) is 0 Å². The highest BCUT2D eigenvalue weighted by atomic mass is 32.1. The molecule has 1 aromatic rings. The molecule has 0 aliphatic carbocycles. The summed E-state index contributed by atoms with van der Waals surface area (Å²) in [4.78, 5) is 12.1. The molecule has 0 radical (unpaired) electrons. The van der Waals surface area contributed by atoms with Crippen molar-refractivity contribution in [3.05, 3.63) is 29.6 Å². The van der Waals surface area contributed by atoms with Crippen molar-refractivity contribution in [1.82, 2.24) is 5.32 Å². The molecule has 1 amide bonds. The summed E-state index contributed by atoms with van der Waals surface area (Å²) in [5, 5.41) is 2.92. The van der Waals surface area contributed by atoms with Gasteiger partial charge in [0.05, 0.1) is 0 Å². The van der Waals surface area contributed by atoms with Crippen molar-refractivity contribution in [1.29, 1.82) is 0 Å². The second-order valence-corrected chi connectivity index (χ2v) is 5.85. The van der Waals surface area contributed by atoms with E-state index in [0.29, 0.717) is 11.5 Å². The Balaban J connectivity index is 2.47. The normalized spacial score (nSPS) is 12.5. The maximum atomic E-state index is 13.1. The number of carbonyl (C=O) groups is 1. The van der Waals surface area contributed by atoms with Crippen LogP contribution in [0.5, 0.6) is 0 Å². The minimum absolute atomic E-state index is 0.125. The molecule has 0 saturated heterocycles. The molecule has 1 aromatic carbocycles. The molecule has 1 atom stereocenters. The summed E-state index contributed by atoms with van der Waals surface area (Å²) < 4.78 is 13.1. The summed E-state index contributed by atoms with van der Waals surface area (Å²) in [6.07, 6.45) is 3.22. The highest BCUT2D eigenvalue weighted by Gasteiger charge is 2.11. The lowest BCUT2D eigenvalue weighted by Gasteiger charge is -2.14. The molecule has 19 heavy (non-hydrogen) atoms. The van der Waals surface area contributed by atoms with E-state index in [1.54, 1.807) is 0 Å². The van der Waals surface area contributed by atoms with Crippen LogP contribution in [0.25, 0.3) is 0 Å². The summed E-state index contributed by atoms with van der Waals surface area (Å²) >= 11 is 3.98. The van der Waals surface area contributed by atoms with E-state index in [0.717, 1.165) is 19.3 Å². The van der Waals surface area contributed by atoms with E-state index in [-0.39, 0.29) is 16.8 Å². The third-order valence-electron chi connectivity index (χ3n) is 3.00. The zero-order valence-corrected chi connectivity index (χ0v) is 12.6. The zero-order chi connectivity index (χ0) is 14.4. The Bertz CT molecular complexity index is 434. The molecule has 106 valence electrons. The fraction of sp³-hybridized carbons (Fsp3) is 0.533. The minimum atomic E-state index is -0.412. The lowest BCUT2D eigenvalue weighted by molar-refractivity contribution is 0.0937. The highest BCUT2D eigenvalue weighted by Crippen LogP contribution is 2.14. The summed E-state index contributed by atoms with van der Waals surface area (Å²) in [5.74, 6) is 0.101. The largest absolute Gasteiger partial charge is 0.350 e. The van der Waals surface area contributed by atoms with Gasteiger partial charge in [0.15, 0.2) is 0 Å². The second-order valence-electron chi connectivity index (χ2n) is 5.37. The Morgan fingerprint density at radius 2 is 2.00 bits per heavy atom. The average molecular weight is 283 g/mol. The first kappa shape index (κ1) is 16.0. The van der Waals surface area contributed by atoms with Gasteiger partial charge >= 0.3 is 0 Å². The Kier molecular flexibility index (Phi) is 6.35. The van der Waals surface area contributed by atoms with Crippen LogP contribution in [0.15, 0.2) is 23.1 Å². The molecule has 0 spiro atoms. The molecule has 0 bridgehead atoms. The van der Waals surface area contributed by atoms with Crippen molar-refractivity contribution >= 4 is 18.5 Å². The van der Waals surface area contributed by atoms with Crippen LogP contribution in [0.3, 0.4) is 0 Å². The van der Waals surface area contributed by atoms with Crippen molar-refractivity contribution < 1.29 is 9.18 Å². The van der Waals surface area contributed by atoms with Crippen LogP contribution < -0.4 is 5.32 Å². The van der Waals surface area contributed by atoms with Crippen LogP contribution in [0, 0.1) is 11.7 Å². The van der Waals surface area contributed by atoms with Gasteiger partial charge in [-0.3, -0.25) is 4.79 Å². The van der Waals surface area contributed by atoms with Gasteiger partial charge in [-0.2, -0.15) is 0 Å². The fourth-order valence-electron chi connectivity index (χ4n) is 1.87. The number of hydrogen-bond acceptors (Lipinski definition) is 2. The molecule has 4 heteroatoms. The van der Waals surface area contributed by atoms with Crippen LogP contribution in [-0.4, -0.2) is 11.9 Å². The van der Waals surface area contributed by atoms with Gasteiger partial charge < -0.3 is 5.32 Å². The van der Waals surface area contributed by atoms with Gasteiger partial charge in [0, 0.05) is 16.5 Å². The van der Waals surface area contributed by atoms with Crippen molar-refractivity contribution in [2.45, 2.75) is 51.0 Å². The number of halogens is 1. The third-order valence-corrected chi connectivity index (χ3v) is 3.35. The molecular weight excluding hydrogens is 261 g/mol. The number of thiol groups is 1. The summed E-state index contributed by atoms with van der Waals surface area (Å²) in [6, 6.07) is 4.32. The van der Waals surface area contributed by atoms with Gasteiger partial charge in [0.2, 0.25) is 0 Å².